The van der Waals surface area contributed by atoms with E-state index in [0.29, 0.717) is 31.1 Å². The van der Waals surface area contributed by atoms with Gasteiger partial charge in [0.15, 0.2) is 0 Å². The Morgan fingerprint density at radius 3 is 2.79 bits per heavy atom. The third kappa shape index (κ3) is 5.66. The lowest BCUT2D eigenvalue weighted by Gasteiger charge is -2.36. The topological polar surface area (TPSA) is 39.9 Å². The smallest absolute Gasteiger partial charge is 0.257 e. The molecule has 1 aromatic carbocycles. The highest BCUT2D eigenvalue weighted by Gasteiger charge is 2.25. The van der Waals surface area contributed by atoms with Crippen molar-refractivity contribution in [1.82, 2.24) is 14.7 Å². The van der Waals surface area contributed by atoms with Crippen molar-refractivity contribution in [3.8, 4) is 0 Å². The highest BCUT2D eigenvalue weighted by Crippen LogP contribution is 2.21. The molecule has 6 heteroatoms. The average Bonchev–Trinajstić information content (AvgIpc) is 3.21. The number of rotatable bonds is 8. The summed E-state index contributed by atoms with van der Waals surface area (Å²) in [6.45, 7) is 4.68. The molecule has 0 N–H and O–H groups in total. The number of halogens is 1. The first kappa shape index (κ1) is 20.6. The molecular weight excluding hydrogens is 357 g/mol. The van der Waals surface area contributed by atoms with Crippen LogP contribution >= 0.6 is 0 Å². The number of likely N-dealkylation sites (N-methyl/N-ethyl adjacent to an activating group) is 1. The van der Waals surface area contributed by atoms with E-state index in [4.69, 9.17) is 4.42 Å². The van der Waals surface area contributed by atoms with Crippen LogP contribution in [0, 0.1) is 11.7 Å². The van der Waals surface area contributed by atoms with Gasteiger partial charge in [-0.3, -0.25) is 9.69 Å². The molecular formula is C22H30FN3O2. The summed E-state index contributed by atoms with van der Waals surface area (Å²) in [4.78, 5) is 19.2. The molecule has 0 radical (unpaired) electrons. The van der Waals surface area contributed by atoms with E-state index in [2.05, 4.69) is 9.80 Å². The molecule has 1 aliphatic rings. The number of carbonyl (C=O) groups is 1. The monoisotopic (exact) mass is 387 g/mol. The van der Waals surface area contributed by atoms with Crippen LogP contribution in [0.1, 0.15) is 28.8 Å². The van der Waals surface area contributed by atoms with Gasteiger partial charge >= 0.3 is 0 Å². The standard InChI is InChI=1S/C22H30FN3O2/c1-24(2)11-12-26(22(27)20-9-13-28-17-20)15-18-6-5-10-25(14-18)16-19-7-3-4-8-21(19)23/h3-4,7-9,13,17-18H,5-6,10-12,14-16H2,1-2H3/t18-/m1/s1. The van der Waals surface area contributed by atoms with Gasteiger partial charge in [0.2, 0.25) is 0 Å². The van der Waals surface area contributed by atoms with E-state index in [1.807, 2.05) is 31.1 Å². The predicted octanol–water partition coefficient (Wildman–Crippen LogP) is 3.33. The first-order valence-corrected chi connectivity index (χ1v) is 9.95. The van der Waals surface area contributed by atoms with E-state index >= 15 is 0 Å². The second-order valence-corrected chi connectivity index (χ2v) is 7.90. The maximum Gasteiger partial charge on any atom is 0.257 e. The molecule has 5 nitrogen and oxygen atoms in total. The van der Waals surface area contributed by atoms with Gasteiger partial charge < -0.3 is 14.2 Å². The minimum atomic E-state index is -0.146. The van der Waals surface area contributed by atoms with Gasteiger partial charge in [-0.15, -0.1) is 0 Å². The summed E-state index contributed by atoms with van der Waals surface area (Å²) < 4.78 is 19.1. The molecule has 1 fully saturated rings. The third-order valence-corrected chi connectivity index (χ3v) is 5.31. The van der Waals surface area contributed by atoms with Crippen molar-refractivity contribution in [2.45, 2.75) is 19.4 Å². The lowest BCUT2D eigenvalue weighted by atomic mass is 9.96. The molecule has 1 aliphatic heterocycles. The summed E-state index contributed by atoms with van der Waals surface area (Å²) in [6, 6.07) is 8.69. The summed E-state index contributed by atoms with van der Waals surface area (Å²) in [6.07, 6.45) is 5.20. The van der Waals surface area contributed by atoms with E-state index in [1.54, 1.807) is 12.1 Å². The van der Waals surface area contributed by atoms with E-state index in [-0.39, 0.29) is 11.7 Å². The minimum absolute atomic E-state index is 0.0156. The fraction of sp³-hybridized carbons (Fsp3) is 0.500. The summed E-state index contributed by atoms with van der Waals surface area (Å²) in [5.41, 5.74) is 1.33. The number of hydrogen-bond donors (Lipinski definition) is 0. The Morgan fingerprint density at radius 2 is 2.07 bits per heavy atom. The van der Waals surface area contributed by atoms with Crippen LogP contribution in [-0.2, 0) is 6.54 Å². The van der Waals surface area contributed by atoms with Crippen molar-refractivity contribution in [2.24, 2.45) is 5.92 Å². The summed E-state index contributed by atoms with van der Waals surface area (Å²) in [7, 11) is 4.02. The van der Waals surface area contributed by atoms with E-state index < -0.39 is 0 Å². The van der Waals surface area contributed by atoms with Crippen LogP contribution in [0.5, 0.6) is 0 Å². The van der Waals surface area contributed by atoms with Crippen LogP contribution in [0.15, 0.2) is 47.3 Å². The maximum atomic E-state index is 14.0. The largest absolute Gasteiger partial charge is 0.472 e. The fourth-order valence-electron chi connectivity index (χ4n) is 3.79. The fourth-order valence-corrected chi connectivity index (χ4v) is 3.79. The third-order valence-electron chi connectivity index (χ3n) is 5.31. The highest BCUT2D eigenvalue weighted by molar-refractivity contribution is 5.93. The number of piperidine rings is 1. The first-order chi connectivity index (χ1) is 13.5. The minimum Gasteiger partial charge on any atom is -0.472 e. The number of hydrogen-bond acceptors (Lipinski definition) is 4. The molecule has 28 heavy (non-hydrogen) atoms. The van der Waals surface area contributed by atoms with Crippen LogP contribution < -0.4 is 0 Å². The predicted molar refractivity (Wildman–Crippen MR) is 108 cm³/mol. The molecule has 1 saturated heterocycles. The number of benzene rings is 1. The molecule has 1 aromatic heterocycles. The molecule has 152 valence electrons. The van der Waals surface area contributed by atoms with Gasteiger partial charge in [0.25, 0.3) is 5.91 Å². The number of amides is 1. The highest BCUT2D eigenvalue weighted by atomic mass is 19.1. The molecule has 2 heterocycles. The number of carbonyl (C=O) groups excluding carboxylic acids is 1. The first-order valence-electron chi connectivity index (χ1n) is 9.95. The number of furan rings is 1. The Morgan fingerprint density at radius 1 is 1.25 bits per heavy atom. The number of nitrogens with zero attached hydrogens (tertiary/aromatic N) is 3. The Kier molecular flexibility index (Phi) is 7.23. The van der Waals surface area contributed by atoms with Gasteiger partial charge in [-0.25, -0.2) is 4.39 Å². The molecule has 1 amide bonds. The molecule has 0 saturated carbocycles. The van der Waals surface area contributed by atoms with Crippen molar-refractivity contribution >= 4 is 5.91 Å². The summed E-state index contributed by atoms with van der Waals surface area (Å²) in [5, 5.41) is 0. The average molecular weight is 387 g/mol. The summed E-state index contributed by atoms with van der Waals surface area (Å²) in [5.74, 6) is 0.257. The van der Waals surface area contributed by atoms with Gasteiger partial charge in [-0.2, -0.15) is 0 Å². The zero-order valence-corrected chi connectivity index (χ0v) is 16.8. The second-order valence-electron chi connectivity index (χ2n) is 7.90. The van der Waals surface area contributed by atoms with Crippen LogP contribution in [-0.4, -0.2) is 67.4 Å². The van der Waals surface area contributed by atoms with Gasteiger partial charge in [-0.1, -0.05) is 18.2 Å². The molecule has 0 spiro atoms. The Balaban J connectivity index is 1.62. The Bertz CT molecular complexity index is 748. The van der Waals surface area contributed by atoms with Gasteiger partial charge in [-0.05, 0) is 51.5 Å². The lowest BCUT2D eigenvalue weighted by Crippen LogP contribution is -2.44. The van der Waals surface area contributed by atoms with Crippen molar-refractivity contribution in [3.05, 3.63) is 59.8 Å². The van der Waals surface area contributed by atoms with Crippen LogP contribution in [0.3, 0.4) is 0 Å². The van der Waals surface area contributed by atoms with Gasteiger partial charge in [0, 0.05) is 38.3 Å². The van der Waals surface area contributed by atoms with E-state index in [9.17, 15) is 9.18 Å². The number of likely N-dealkylation sites (tertiary alicyclic amines) is 1. The van der Waals surface area contributed by atoms with Gasteiger partial charge in [0.1, 0.15) is 12.1 Å². The molecule has 0 unspecified atom stereocenters. The van der Waals surface area contributed by atoms with Crippen LogP contribution in [0.25, 0.3) is 0 Å². The van der Waals surface area contributed by atoms with Crippen LogP contribution in [0.4, 0.5) is 4.39 Å². The maximum absolute atomic E-state index is 14.0. The Hall–Kier alpha value is -2.18. The van der Waals surface area contributed by atoms with E-state index in [0.717, 1.165) is 38.0 Å². The van der Waals surface area contributed by atoms with Crippen molar-refractivity contribution in [2.75, 3.05) is 46.8 Å². The zero-order valence-electron chi connectivity index (χ0n) is 16.8. The normalized spacial score (nSPS) is 17.8. The quantitative estimate of drug-likeness (QED) is 0.697. The van der Waals surface area contributed by atoms with Crippen molar-refractivity contribution in [1.29, 1.82) is 0 Å². The molecule has 0 bridgehead atoms. The zero-order chi connectivity index (χ0) is 19.9. The lowest BCUT2D eigenvalue weighted by molar-refractivity contribution is 0.0659. The van der Waals surface area contributed by atoms with E-state index in [1.165, 1.54) is 18.6 Å². The molecule has 0 aliphatic carbocycles. The summed E-state index contributed by atoms with van der Waals surface area (Å²) >= 11 is 0. The van der Waals surface area contributed by atoms with Crippen LogP contribution in [0.2, 0.25) is 0 Å². The van der Waals surface area contributed by atoms with Gasteiger partial charge in [0.05, 0.1) is 11.8 Å². The second kappa shape index (κ2) is 9.85. The molecule has 2 aromatic rings. The molecule has 1 atom stereocenters. The van der Waals surface area contributed by atoms with Crippen molar-refractivity contribution in [3.63, 3.8) is 0 Å². The molecule has 3 rings (SSSR count). The van der Waals surface area contributed by atoms with Crippen molar-refractivity contribution < 1.29 is 13.6 Å². The SMILES string of the molecule is CN(C)CCN(C[C@@H]1CCCN(Cc2ccccc2F)C1)C(=O)c1ccoc1. The Labute approximate surface area is 166 Å².